The number of likely N-dealkylation sites (tertiary alicyclic amines) is 1. The third-order valence-electron chi connectivity index (χ3n) is 5.50. The SMILES string of the molecule is CC1CCCC(C)N1C(=O)c1cc2nc(-c3ccc(Cl)cc3)cc(C(F)(F)F)n2n1. The summed E-state index contributed by atoms with van der Waals surface area (Å²) in [7, 11) is 0. The second-order valence-corrected chi connectivity index (χ2v) is 8.11. The Morgan fingerprint density at radius 3 is 2.33 bits per heavy atom. The normalized spacial score (nSPS) is 20.0. The number of halogens is 4. The van der Waals surface area contributed by atoms with E-state index in [2.05, 4.69) is 10.1 Å². The molecule has 1 saturated heterocycles. The summed E-state index contributed by atoms with van der Waals surface area (Å²) >= 11 is 5.88. The topological polar surface area (TPSA) is 50.5 Å². The van der Waals surface area contributed by atoms with E-state index in [9.17, 15) is 18.0 Å². The zero-order valence-corrected chi connectivity index (χ0v) is 17.2. The molecule has 30 heavy (non-hydrogen) atoms. The fourth-order valence-corrected chi connectivity index (χ4v) is 4.13. The van der Waals surface area contributed by atoms with Gasteiger partial charge in [-0.25, -0.2) is 9.50 Å². The standard InChI is InChI=1S/C21H20ClF3N4O/c1-12-4-3-5-13(2)28(12)20(30)17-11-19-26-16(14-6-8-15(22)9-7-14)10-18(21(23,24)25)29(19)27-17/h6-13H,3-5H2,1-2H3. The molecule has 4 rings (SSSR count). The van der Waals surface area contributed by atoms with Crippen LogP contribution in [0.4, 0.5) is 13.2 Å². The Balaban J connectivity index is 1.83. The van der Waals surface area contributed by atoms with Crippen LogP contribution in [0.1, 0.15) is 49.3 Å². The average Bonchev–Trinajstić information content (AvgIpc) is 3.11. The summed E-state index contributed by atoms with van der Waals surface area (Å²) in [5.74, 6) is -0.374. The van der Waals surface area contributed by atoms with Crippen LogP contribution in [0.15, 0.2) is 36.4 Å². The van der Waals surface area contributed by atoms with Crippen molar-refractivity contribution in [3.05, 3.63) is 52.8 Å². The van der Waals surface area contributed by atoms with E-state index in [0.29, 0.717) is 15.1 Å². The highest BCUT2D eigenvalue weighted by atomic mass is 35.5. The van der Waals surface area contributed by atoms with Crippen LogP contribution in [0.3, 0.4) is 0 Å². The van der Waals surface area contributed by atoms with E-state index in [1.165, 1.54) is 6.07 Å². The molecule has 0 bridgehead atoms. The highest BCUT2D eigenvalue weighted by molar-refractivity contribution is 6.30. The maximum atomic E-state index is 13.8. The Hall–Kier alpha value is -2.61. The number of alkyl halides is 3. The quantitative estimate of drug-likeness (QED) is 0.535. The number of carbonyl (C=O) groups is 1. The van der Waals surface area contributed by atoms with Crippen molar-refractivity contribution in [2.24, 2.45) is 0 Å². The molecular formula is C21H20ClF3N4O. The third kappa shape index (κ3) is 3.76. The Labute approximate surface area is 176 Å². The molecule has 1 aromatic carbocycles. The molecule has 1 amide bonds. The lowest BCUT2D eigenvalue weighted by atomic mass is 9.97. The Morgan fingerprint density at radius 2 is 1.73 bits per heavy atom. The lowest BCUT2D eigenvalue weighted by Crippen LogP contribution is -2.47. The summed E-state index contributed by atoms with van der Waals surface area (Å²) in [6, 6.07) is 8.63. The van der Waals surface area contributed by atoms with E-state index in [4.69, 9.17) is 11.6 Å². The van der Waals surface area contributed by atoms with Gasteiger partial charge in [0.1, 0.15) is 0 Å². The van der Waals surface area contributed by atoms with Gasteiger partial charge in [0.25, 0.3) is 5.91 Å². The molecule has 3 aromatic rings. The number of amides is 1. The van der Waals surface area contributed by atoms with Crippen LogP contribution in [0.25, 0.3) is 16.9 Å². The zero-order valence-electron chi connectivity index (χ0n) is 16.4. The summed E-state index contributed by atoms with van der Waals surface area (Å²) < 4.78 is 42.0. The third-order valence-corrected chi connectivity index (χ3v) is 5.76. The van der Waals surface area contributed by atoms with E-state index in [1.807, 2.05) is 13.8 Å². The van der Waals surface area contributed by atoms with Crippen molar-refractivity contribution in [2.75, 3.05) is 0 Å². The first-order valence-corrected chi connectivity index (χ1v) is 10.1. The van der Waals surface area contributed by atoms with Gasteiger partial charge in [0.15, 0.2) is 17.0 Å². The van der Waals surface area contributed by atoms with Crippen LogP contribution in [0.2, 0.25) is 5.02 Å². The molecule has 1 fully saturated rings. The van der Waals surface area contributed by atoms with Gasteiger partial charge in [-0.2, -0.15) is 18.3 Å². The predicted octanol–water partition coefficient (Wildman–Crippen LogP) is 5.47. The van der Waals surface area contributed by atoms with Crippen LogP contribution in [0.5, 0.6) is 0 Å². The summed E-state index contributed by atoms with van der Waals surface area (Å²) in [5, 5.41) is 4.46. The van der Waals surface area contributed by atoms with Crippen molar-refractivity contribution in [3.8, 4) is 11.3 Å². The lowest BCUT2D eigenvalue weighted by Gasteiger charge is -2.38. The molecule has 1 aliphatic heterocycles. The van der Waals surface area contributed by atoms with E-state index in [1.54, 1.807) is 29.2 Å². The minimum atomic E-state index is -4.67. The molecule has 0 N–H and O–H groups in total. The smallest absolute Gasteiger partial charge is 0.332 e. The molecule has 2 atom stereocenters. The molecule has 0 aliphatic carbocycles. The second kappa shape index (κ2) is 7.58. The number of nitrogens with zero attached hydrogens (tertiary/aromatic N) is 4. The molecule has 5 nitrogen and oxygen atoms in total. The first kappa shape index (κ1) is 20.7. The van der Waals surface area contributed by atoms with Gasteiger partial charge in [0.05, 0.1) is 5.69 Å². The minimum absolute atomic E-state index is 0.00531. The summed E-state index contributed by atoms with van der Waals surface area (Å²) in [6.07, 6.45) is -1.94. The number of piperidine rings is 1. The van der Waals surface area contributed by atoms with Gasteiger partial charge >= 0.3 is 6.18 Å². The van der Waals surface area contributed by atoms with Crippen molar-refractivity contribution in [2.45, 2.75) is 51.4 Å². The molecule has 1 aliphatic rings. The largest absolute Gasteiger partial charge is 0.433 e. The fraction of sp³-hybridized carbons (Fsp3) is 0.381. The molecule has 0 saturated carbocycles. The fourth-order valence-electron chi connectivity index (χ4n) is 4.00. The zero-order chi connectivity index (χ0) is 21.6. The van der Waals surface area contributed by atoms with Crippen LogP contribution in [-0.4, -0.2) is 37.5 Å². The molecule has 9 heteroatoms. The molecule has 2 aromatic heterocycles. The van der Waals surface area contributed by atoms with Gasteiger partial charge in [0.2, 0.25) is 0 Å². The number of hydrogen-bond acceptors (Lipinski definition) is 3. The molecule has 2 unspecified atom stereocenters. The number of aromatic nitrogens is 3. The van der Waals surface area contributed by atoms with Crippen molar-refractivity contribution >= 4 is 23.2 Å². The molecular weight excluding hydrogens is 417 g/mol. The molecule has 0 radical (unpaired) electrons. The first-order valence-electron chi connectivity index (χ1n) is 9.72. The highest BCUT2D eigenvalue weighted by Crippen LogP contribution is 2.33. The van der Waals surface area contributed by atoms with Crippen LogP contribution < -0.4 is 0 Å². The summed E-state index contributed by atoms with van der Waals surface area (Å²) in [6.45, 7) is 3.89. The summed E-state index contributed by atoms with van der Waals surface area (Å²) in [4.78, 5) is 19.1. The van der Waals surface area contributed by atoms with E-state index in [0.717, 1.165) is 25.3 Å². The Kier molecular flexibility index (Phi) is 5.22. The monoisotopic (exact) mass is 436 g/mol. The van der Waals surface area contributed by atoms with Gasteiger partial charge in [-0.05, 0) is 51.3 Å². The van der Waals surface area contributed by atoms with E-state index >= 15 is 0 Å². The number of rotatable bonds is 2. The van der Waals surface area contributed by atoms with Crippen molar-refractivity contribution in [1.29, 1.82) is 0 Å². The molecule has 0 spiro atoms. The Morgan fingerprint density at radius 1 is 1.10 bits per heavy atom. The van der Waals surface area contributed by atoms with Crippen molar-refractivity contribution < 1.29 is 18.0 Å². The number of fused-ring (bicyclic) bond motifs is 1. The van der Waals surface area contributed by atoms with Gasteiger partial charge in [-0.15, -0.1) is 0 Å². The maximum absolute atomic E-state index is 13.8. The lowest BCUT2D eigenvalue weighted by molar-refractivity contribution is -0.142. The summed E-state index contributed by atoms with van der Waals surface area (Å²) in [5.41, 5.74) is -0.446. The van der Waals surface area contributed by atoms with Crippen LogP contribution in [0, 0.1) is 0 Å². The number of benzene rings is 1. The number of hydrogen-bond donors (Lipinski definition) is 0. The Bertz CT molecular complexity index is 1080. The maximum Gasteiger partial charge on any atom is 0.433 e. The van der Waals surface area contributed by atoms with Crippen molar-refractivity contribution in [3.63, 3.8) is 0 Å². The van der Waals surface area contributed by atoms with E-state index < -0.39 is 11.9 Å². The predicted molar refractivity (Wildman–Crippen MR) is 107 cm³/mol. The molecule has 158 valence electrons. The van der Waals surface area contributed by atoms with Gasteiger partial charge in [-0.3, -0.25) is 4.79 Å². The number of carbonyl (C=O) groups excluding carboxylic acids is 1. The average molecular weight is 437 g/mol. The minimum Gasteiger partial charge on any atom is -0.332 e. The second-order valence-electron chi connectivity index (χ2n) is 7.67. The molecule has 3 heterocycles. The van der Waals surface area contributed by atoms with Crippen molar-refractivity contribution in [1.82, 2.24) is 19.5 Å². The van der Waals surface area contributed by atoms with Gasteiger partial charge < -0.3 is 4.90 Å². The van der Waals surface area contributed by atoms with Crippen LogP contribution in [-0.2, 0) is 6.18 Å². The van der Waals surface area contributed by atoms with Crippen LogP contribution >= 0.6 is 11.6 Å². The van der Waals surface area contributed by atoms with Gasteiger partial charge in [0, 0.05) is 28.7 Å². The van der Waals surface area contributed by atoms with E-state index in [-0.39, 0.29) is 35.0 Å². The highest BCUT2D eigenvalue weighted by Gasteiger charge is 2.37. The first-order chi connectivity index (χ1) is 14.1. The van der Waals surface area contributed by atoms with Gasteiger partial charge in [-0.1, -0.05) is 23.7 Å².